The van der Waals surface area contributed by atoms with Gasteiger partial charge in [0.25, 0.3) is 0 Å². The van der Waals surface area contributed by atoms with Gasteiger partial charge in [-0.3, -0.25) is 4.90 Å². The number of fused-ring (bicyclic) bond motifs is 3. The largest absolute Gasteiger partial charge is 0.336 e. The molecule has 4 rings (SSSR count). The normalized spacial score (nSPS) is 29.1. The topological polar surface area (TPSA) is 44.4 Å². The minimum Gasteiger partial charge on any atom is -0.336 e. The molecule has 2 bridgehead atoms. The molecule has 3 fully saturated rings. The zero-order valence-corrected chi connectivity index (χ0v) is 14.4. The Labute approximate surface area is 142 Å². The van der Waals surface area contributed by atoms with Crippen LogP contribution in [0.3, 0.4) is 0 Å². The number of carbonyl (C=O) groups excluding carboxylic acids is 1. The van der Waals surface area contributed by atoms with Gasteiger partial charge in [-0.2, -0.15) is 0 Å². The number of amides is 2. The van der Waals surface area contributed by atoms with Crippen molar-refractivity contribution < 1.29 is 4.79 Å². The smallest absolute Gasteiger partial charge is 0.319 e. The van der Waals surface area contributed by atoms with E-state index in [0.29, 0.717) is 18.5 Å². The van der Waals surface area contributed by atoms with Gasteiger partial charge < -0.3 is 10.6 Å². The summed E-state index contributed by atoms with van der Waals surface area (Å²) in [5.41, 5.74) is 0.839. The second-order valence-electron chi connectivity index (χ2n) is 6.40. The highest BCUT2D eigenvalue weighted by atomic mass is 32.2. The summed E-state index contributed by atoms with van der Waals surface area (Å²) in [6.07, 6.45) is 6.56. The van der Waals surface area contributed by atoms with Crippen molar-refractivity contribution in [1.82, 2.24) is 10.2 Å². The molecule has 2 amide bonds. The number of hydrogen-bond donors (Lipinski definition) is 2. The van der Waals surface area contributed by atoms with E-state index in [2.05, 4.69) is 28.2 Å². The Balaban J connectivity index is 1.49. The molecule has 3 saturated heterocycles. The zero-order chi connectivity index (χ0) is 16.2. The molecule has 0 aliphatic carbocycles. The average Bonchev–Trinajstić information content (AvgIpc) is 2.60. The lowest BCUT2D eigenvalue weighted by Gasteiger charge is -2.49. The van der Waals surface area contributed by atoms with Crippen LogP contribution in [0, 0.1) is 11.8 Å². The molecule has 4 nitrogen and oxygen atoms in total. The van der Waals surface area contributed by atoms with Crippen LogP contribution < -0.4 is 10.6 Å². The monoisotopic (exact) mass is 331 g/mol. The van der Waals surface area contributed by atoms with Crippen LogP contribution in [0.5, 0.6) is 0 Å². The minimum absolute atomic E-state index is 0.119. The number of thioether (sulfide) groups is 1. The molecule has 3 aliphatic heterocycles. The van der Waals surface area contributed by atoms with Crippen molar-refractivity contribution in [1.29, 1.82) is 0 Å². The van der Waals surface area contributed by atoms with Crippen LogP contribution in [0.15, 0.2) is 41.8 Å². The predicted molar refractivity (Wildman–Crippen MR) is 97.0 cm³/mol. The van der Waals surface area contributed by atoms with E-state index < -0.39 is 0 Å². The Morgan fingerprint density at radius 2 is 2.39 bits per heavy atom. The van der Waals surface area contributed by atoms with Gasteiger partial charge in [0.1, 0.15) is 0 Å². The second kappa shape index (κ2) is 7.41. The number of hydrogen-bond acceptors (Lipinski definition) is 3. The van der Waals surface area contributed by atoms with Crippen molar-refractivity contribution in [2.24, 2.45) is 11.8 Å². The summed E-state index contributed by atoms with van der Waals surface area (Å²) in [4.78, 5) is 15.8. The molecule has 1 aromatic carbocycles. The van der Waals surface area contributed by atoms with Crippen LogP contribution >= 0.6 is 11.8 Å². The molecule has 0 spiro atoms. The first-order valence-electron chi connectivity index (χ1n) is 8.25. The van der Waals surface area contributed by atoms with Crippen LogP contribution in [0.25, 0.3) is 0 Å². The van der Waals surface area contributed by atoms with E-state index in [-0.39, 0.29) is 6.03 Å². The third-order valence-corrected chi connectivity index (χ3v) is 5.78. The summed E-state index contributed by atoms with van der Waals surface area (Å²) in [5, 5.41) is 5.95. The number of piperidine rings is 3. The van der Waals surface area contributed by atoms with E-state index in [1.54, 1.807) is 11.8 Å². The van der Waals surface area contributed by atoms with Gasteiger partial charge in [0, 0.05) is 29.7 Å². The van der Waals surface area contributed by atoms with E-state index in [4.69, 9.17) is 0 Å². The van der Waals surface area contributed by atoms with Gasteiger partial charge in [-0.25, -0.2) is 4.79 Å². The molecule has 2 N–H and O–H groups in total. The van der Waals surface area contributed by atoms with E-state index in [1.165, 1.54) is 12.8 Å². The third-order valence-electron chi connectivity index (χ3n) is 5.06. The number of nitrogens with zero attached hydrogens (tertiary/aromatic N) is 1. The maximum Gasteiger partial charge on any atom is 0.319 e. The standard InChI is InChI=1S/C18H25N3OS/c1-3-13-12-21-8-7-14(13)9-16(21)11-19-18(22)20-15-5-4-6-17(10-15)23-2/h3-6,10,13-14,16H,1,7-9,11-12H2,2H3,(H2,19,20,22). The first-order chi connectivity index (χ1) is 11.2. The van der Waals surface area contributed by atoms with Crippen LogP contribution in [-0.4, -0.2) is 42.9 Å². The number of rotatable bonds is 5. The van der Waals surface area contributed by atoms with Crippen LogP contribution in [-0.2, 0) is 0 Å². The molecule has 4 atom stereocenters. The third kappa shape index (κ3) is 3.90. The molecule has 3 aliphatic rings. The summed E-state index contributed by atoms with van der Waals surface area (Å²) < 4.78 is 0. The van der Waals surface area contributed by atoms with Crippen LogP contribution in [0.1, 0.15) is 12.8 Å². The highest BCUT2D eigenvalue weighted by molar-refractivity contribution is 7.98. The summed E-state index contributed by atoms with van der Waals surface area (Å²) in [6.45, 7) is 6.92. The lowest BCUT2D eigenvalue weighted by Crippen LogP contribution is -2.56. The molecule has 124 valence electrons. The summed E-state index contributed by atoms with van der Waals surface area (Å²) in [5.74, 6) is 1.37. The molecule has 3 heterocycles. The fourth-order valence-electron chi connectivity index (χ4n) is 3.75. The molecule has 0 aromatic heterocycles. The highest BCUT2D eigenvalue weighted by Crippen LogP contribution is 2.36. The SMILES string of the molecule is C=CC1CN2CCC1CC2CNC(=O)Nc1cccc(SC)c1. The summed E-state index contributed by atoms with van der Waals surface area (Å²) in [7, 11) is 0. The summed E-state index contributed by atoms with van der Waals surface area (Å²) >= 11 is 1.67. The maximum absolute atomic E-state index is 12.1. The van der Waals surface area contributed by atoms with Crippen molar-refractivity contribution in [2.75, 3.05) is 31.2 Å². The predicted octanol–water partition coefficient (Wildman–Crippen LogP) is 3.43. The summed E-state index contributed by atoms with van der Waals surface area (Å²) in [6, 6.07) is 8.25. The number of anilines is 1. The molecular formula is C18H25N3OS. The average molecular weight is 331 g/mol. The number of benzene rings is 1. The Morgan fingerprint density at radius 3 is 3.09 bits per heavy atom. The molecule has 23 heavy (non-hydrogen) atoms. The first kappa shape index (κ1) is 16.4. The molecular weight excluding hydrogens is 306 g/mol. The Kier molecular flexibility index (Phi) is 5.28. The molecule has 0 saturated carbocycles. The zero-order valence-electron chi connectivity index (χ0n) is 13.6. The van der Waals surface area contributed by atoms with Crippen LogP contribution in [0.2, 0.25) is 0 Å². The minimum atomic E-state index is -0.119. The second-order valence-corrected chi connectivity index (χ2v) is 7.28. The highest BCUT2D eigenvalue weighted by Gasteiger charge is 2.38. The van der Waals surface area contributed by atoms with E-state index in [1.807, 2.05) is 30.5 Å². The van der Waals surface area contributed by atoms with Gasteiger partial charge in [-0.1, -0.05) is 12.1 Å². The Morgan fingerprint density at radius 1 is 1.52 bits per heavy atom. The van der Waals surface area contributed by atoms with Crippen molar-refractivity contribution >= 4 is 23.5 Å². The van der Waals surface area contributed by atoms with E-state index >= 15 is 0 Å². The van der Waals surface area contributed by atoms with E-state index in [0.717, 1.165) is 29.6 Å². The lowest BCUT2D eigenvalue weighted by atomic mass is 9.75. The molecule has 4 unspecified atom stereocenters. The van der Waals surface area contributed by atoms with Gasteiger partial charge in [-0.15, -0.1) is 18.3 Å². The van der Waals surface area contributed by atoms with Gasteiger partial charge in [-0.05, 0) is 55.7 Å². The quantitative estimate of drug-likeness (QED) is 0.642. The number of carbonyl (C=O) groups is 1. The fraction of sp³-hybridized carbons (Fsp3) is 0.500. The fourth-order valence-corrected chi connectivity index (χ4v) is 4.21. The van der Waals surface area contributed by atoms with Gasteiger partial charge >= 0.3 is 6.03 Å². The Bertz CT molecular complexity index is 577. The maximum atomic E-state index is 12.1. The lowest BCUT2D eigenvalue weighted by molar-refractivity contribution is 0.0209. The number of nitrogens with one attached hydrogen (secondary N) is 2. The van der Waals surface area contributed by atoms with Gasteiger partial charge in [0.2, 0.25) is 0 Å². The van der Waals surface area contributed by atoms with Crippen molar-refractivity contribution in [3.63, 3.8) is 0 Å². The van der Waals surface area contributed by atoms with E-state index in [9.17, 15) is 4.79 Å². The van der Waals surface area contributed by atoms with Crippen molar-refractivity contribution in [3.8, 4) is 0 Å². The number of urea groups is 1. The van der Waals surface area contributed by atoms with Gasteiger partial charge in [0.15, 0.2) is 0 Å². The molecule has 5 heteroatoms. The first-order valence-corrected chi connectivity index (χ1v) is 9.47. The molecule has 0 radical (unpaired) electrons. The van der Waals surface area contributed by atoms with Gasteiger partial charge in [0.05, 0.1) is 0 Å². The van der Waals surface area contributed by atoms with Crippen molar-refractivity contribution in [3.05, 3.63) is 36.9 Å². The Hall–Kier alpha value is -1.46. The van der Waals surface area contributed by atoms with Crippen molar-refractivity contribution in [2.45, 2.75) is 23.8 Å². The van der Waals surface area contributed by atoms with Crippen LogP contribution in [0.4, 0.5) is 10.5 Å². The molecule has 1 aromatic rings.